The van der Waals surface area contributed by atoms with Crippen molar-refractivity contribution in [3.05, 3.63) is 29.3 Å². The molecule has 30 heavy (non-hydrogen) atoms. The monoisotopic (exact) mass is 417 g/mol. The Balaban J connectivity index is 1.49. The van der Waals surface area contributed by atoms with Gasteiger partial charge < -0.3 is 24.4 Å². The van der Waals surface area contributed by atoms with Gasteiger partial charge in [-0.2, -0.15) is 0 Å². The minimum absolute atomic E-state index is 0.299. The van der Waals surface area contributed by atoms with Crippen LogP contribution in [0.4, 0.5) is 0 Å². The Morgan fingerprint density at radius 2 is 2.03 bits per heavy atom. The fourth-order valence-corrected chi connectivity index (χ4v) is 4.14. The summed E-state index contributed by atoms with van der Waals surface area (Å²) in [5, 5.41) is 3.46. The molecule has 2 heterocycles. The molecule has 0 spiro atoms. The molecule has 1 aromatic carbocycles. The lowest BCUT2D eigenvalue weighted by atomic mass is 10.1. The number of piperidine rings is 1. The number of hydrogen-bond acceptors (Lipinski definition) is 4. The number of hydrogen-bond donors (Lipinski definition) is 1. The SMILES string of the molecule is CCNC(=NCc1ccc(OCC)c(C)c1)N1CCC(OCC2CCCCO2)CC1. The normalized spacial score (nSPS) is 21.0. The first-order valence-electron chi connectivity index (χ1n) is 11.7. The first-order valence-corrected chi connectivity index (χ1v) is 11.7. The molecular weight excluding hydrogens is 378 g/mol. The molecule has 6 heteroatoms. The van der Waals surface area contributed by atoms with Crippen molar-refractivity contribution in [1.29, 1.82) is 0 Å². The van der Waals surface area contributed by atoms with Gasteiger partial charge in [0.05, 0.1) is 32.0 Å². The lowest BCUT2D eigenvalue weighted by Gasteiger charge is -2.35. The van der Waals surface area contributed by atoms with Crippen molar-refractivity contribution in [2.45, 2.75) is 71.6 Å². The van der Waals surface area contributed by atoms with E-state index in [-0.39, 0.29) is 0 Å². The molecule has 1 atom stereocenters. The molecule has 0 aliphatic carbocycles. The second-order valence-electron chi connectivity index (χ2n) is 8.21. The van der Waals surface area contributed by atoms with Crippen LogP contribution in [-0.4, -0.2) is 62.5 Å². The van der Waals surface area contributed by atoms with E-state index < -0.39 is 0 Å². The van der Waals surface area contributed by atoms with Crippen LogP contribution in [0.1, 0.15) is 57.1 Å². The molecule has 2 fully saturated rings. The zero-order valence-electron chi connectivity index (χ0n) is 19.0. The molecule has 1 unspecified atom stereocenters. The summed E-state index contributed by atoms with van der Waals surface area (Å²) in [5.41, 5.74) is 2.37. The molecule has 0 saturated carbocycles. The Morgan fingerprint density at radius 1 is 1.20 bits per heavy atom. The van der Waals surface area contributed by atoms with Crippen LogP contribution in [0.5, 0.6) is 5.75 Å². The van der Waals surface area contributed by atoms with E-state index in [0.717, 1.165) is 69.4 Å². The Labute approximate surface area is 182 Å². The largest absolute Gasteiger partial charge is 0.494 e. The van der Waals surface area contributed by atoms with E-state index in [1.165, 1.54) is 18.4 Å². The molecule has 0 radical (unpaired) electrons. The van der Waals surface area contributed by atoms with E-state index in [0.29, 0.717) is 25.4 Å². The number of likely N-dealkylation sites (tertiary alicyclic amines) is 1. The quantitative estimate of drug-likeness (QED) is 0.513. The third-order valence-corrected chi connectivity index (χ3v) is 5.82. The van der Waals surface area contributed by atoms with Crippen LogP contribution >= 0.6 is 0 Å². The van der Waals surface area contributed by atoms with E-state index in [2.05, 4.69) is 42.3 Å². The minimum Gasteiger partial charge on any atom is -0.494 e. The number of nitrogens with zero attached hydrogens (tertiary/aromatic N) is 2. The number of ether oxygens (including phenoxy) is 3. The van der Waals surface area contributed by atoms with Crippen molar-refractivity contribution in [2.24, 2.45) is 4.99 Å². The number of aryl methyl sites for hydroxylation is 1. The van der Waals surface area contributed by atoms with Crippen LogP contribution in [0.15, 0.2) is 23.2 Å². The number of guanidine groups is 1. The van der Waals surface area contributed by atoms with Gasteiger partial charge in [0, 0.05) is 26.2 Å². The molecule has 0 bridgehead atoms. The number of rotatable bonds is 8. The maximum atomic E-state index is 6.16. The van der Waals surface area contributed by atoms with Gasteiger partial charge in [0.2, 0.25) is 0 Å². The Morgan fingerprint density at radius 3 is 2.70 bits per heavy atom. The van der Waals surface area contributed by atoms with Gasteiger partial charge in [0.1, 0.15) is 5.75 Å². The number of aliphatic imine (C=N–C) groups is 1. The average molecular weight is 418 g/mol. The minimum atomic E-state index is 0.299. The van der Waals surface area contributed by atoms with E-state index in [1.54, 1.807) is 0 Å². The van der Waals surface area contributed by atoms with Gasteiger partial charge in [0.15, 0.2) is 5.96 Å². The summed E-state index contributed by atoms with van der Waals surface area (Å²) in [6, 6.07) is 6.33. The highest BCUT2D eigenvalue weighted by atomic mass is 16.5. The molecule has 3 rings (SSSR count). The van der Waals surface area contributed by atoms with E-state index in [1.807, 2.05) is 6.92 Å². The van der Waals surface area contributed by atoms with Crippen molar-refractivity contribution in [1.82, 2.24) is 10.2 Å². The fourth-order valence-electron chi connectivity index (χ4n) is 4.14. The number of nitrogens with one attached hydrogen (secondary N) is 1. The molecule has 6 nitrogen and oxygen atoms in total. The maximum absolute atomic E-state index is 6.16. The molecule has 1 aromatic rings. The van der Waals surface area contributed by atoms with Crippen molar-refractivity contribution in [3.8, 4) is 5.75 Å². The van der Waals surface area contributed by atoms with Crippen LogP contribution < -0.4 is 10.1 Å². The number of benzene rings is 1. The van der Waals surface area contributed by atoms with Gasteiger partial charge in [0.25, 0.3) is 0 Å². The van der Waals surface area contributed by atoms with Gasteiger partial charge >= 0.3 is 0 Å². The predicted molar refractivity (Wildman–Crippen MR) is 121 cm³/mol. The summed E-state index contributed by atoms with van der Waals surface area (Å²) < 4.78 is 17.6. The van der Waals surface area contributed by atoms with Crippen molar-refractivity contribution in [2.75, 3.05) is 39.5 Å². The summed E-state index contributed by atoms with van der Waals surface area (Å²) in [6.45, 7) is 12.0. The van der Waals surface area contributed by atoms with Gasteiger partial charge in [-0.1, -0.05) is 12.1 Å². The van der Waals surface area contributed by atoms with Crippen LogP contribution in [0.25, 0.3) is 0 Å². The summed E-state index contributed by atoms with van der Waals surface area (Å²) in [5.74, 6) is 1.95. The van der Waals surface area contributed by atoms with Crippen LogP contribution in [0.3, 0.4) is 0 Å². The zero-order chi connectivity index (χ0) is 21.2. The first kappa shape index (κ1) is 22.9. The Hall–Kier alpha value is -1.79. The second kappa shape index (κ2) is 12.2. The standard InChI is InChI=1S/C24H39N3O3/c1-4-25-24(26-17-20-9-10-23(28-5-2)19(3)16-20)27-13-11-21(12-14-27)30-18-22-8-6-7-15-29-22/h9-10,16,21-22H,4-8,11-15,17-18H2,1-3H3,(H,25,26). The molecule has 0 amide bonds. The molecule has 0 aromatic heterocycles. The third-order valence-electron chi connectivity index (χ3n) is 5.82. The van der Waals surface area contributed by atoms with Gasteiger partial charge in [-0.25, -0.2) is 4.99 Å². The van der Waals surface area contributed by atoms with Gasteiger partial charge in [-0.15, -0.1) is 0 Å². The average Bonchev–Trinajstić information content (AvgIpc) is 2.78. The second-order valence-corrected chi connectivity index (χ2v) is 8.21. The highest BCUT2D eigenvalue weighted by Gasteiger charge is 2.23. The summed E-state index contributed by atoms with van der Waals surface area (Å²) in [7, 11) is 0. The lowest BCUT2D eigenvalue weighted by molar-refractivity contribution is -0.0721. The van der Waals surface area contributed by atoms with Crippen LogP contribution in [0.2, 0.25) is 0 Å². The zero-order valence-corrected chi connectivity index (χ0v) is 19.0. The summed E-state index contributed by atoms with van der Waals surface area (Å²) >= 11 is 0. The molecular formula is C24H39N3O3. The smallest absolute Gasteiger partial charge is 0.194 e. The van der Waals surface area contributed by atoms with E-state index >= 15 is 0 Å². The van der Waals surface area contributed by atoms with Crippen molar-refractivity contribution < 1.29 is 14.2 Å². The third kappa shape index (κ3) is 6.88. The fraction of sp³-hybridized carbons (Fsp3) is 0.708. The van der Waals surface area contributed by atoms with Gasteiger partial charge in [-0.3, -0.25) is 0 Å². The predicted octanol–water partition coefficient (Wildman–Crippen LogP) is 3.91. The van der Waals surface area contributed by atoms with Gasteiger partial charge in [-0.05, 0) is 70.1 Å². The van der Waals surface area contributed by atoms with E-state index in [9.17, 15) is 0 Å². The Kier molecular flexibility index (Phi) is 9.27. The lowest BCUT2D eigenvalue weighted by Crippen LogP contribution is -2.47. The Bertz CT molecular complexity index is 666. The van der Waals surface area contributed by atoms with Crippen molar-refractivity contribution >= 4 is 5.96 Å². The first-order chi connectivity index (χ1) is 14.7. The highest BCUT2D eigenvalue weighted by molar-refractivity contribution is 5.80. The molecule has 1 N–H and O–H groups in total. The molecule has 168 valence electrons. The van der Waals surface area contributed by atoms with Crippen LogP contribution in [0, 0.1) is 6.92 Å². The molecule has 2 aliphatic rings. The highest BCUT2D eigenvalue weighted by Crippen LogP contribution is 2.20. The van der Waals surface area contributed by atoms with Crippen LogP contribution in [-0.2, 0) is 16.0 Å². The maximum Gasteiger partial charge on any atom is 0.194 e. The van der Waals surface area contributed by atoms with Crippen molar-refractivity contribution in [3.63, 3.8) is 0 Å². The molecule has 2 aliphatic heterocycles. The molecule has 2 saturated heterocycles. The summed E-state index contributed by atoms with van der Waals surface area (Å²) in [4.78, 5) is 7.26. The summed E-state index contributed by atoms with van der Waals surface area (Å²) in [6.07, 6.45) is 6.32. The topological polar surface area (TPSA) is 55.3 Å². The van der Waals surface area contributed by atoms with E-state index in [4.69, 9.17) is 19.2 Å².